The van der Waals surface area contributed by atoms with Gasteiger partial charge < -0.3 is 10.6 Å². The van der Waals surface area contributed by atoms with Crippen molar-refractivity contribution in [1.29, 1.82) is 0 Å². The number of fused-ring (bicyclic) bond motifs is 1. The summed E-state index contributed by atoms with van der Waals surface area (Å²) >= 11 is 1.71. The Hall–Kier alpha value is -1.29. The number of hydrogen-bond donors (Lipinski definition) is 1. The van der Waals surface area contributed by atoms with Crippen LogP contribution in [-0.4, -0.2) is 17.6 Å². The van der Waals surface area contributed by atoms with Crippen molar-refractivity contribution in [2.75, 3.05) is 17.2 Å². The highest BCUT2D eigenvalue weighted by Gasteiger charge is 2.16. The SMILES string of the molecule is CCCCN(c1cc2nc(C)sc2cc1N)C(C)CC. The average Bonchev–Trinajstić information content (AvgIpc) is 2.77. The molecule has 4 heteroatoms. The van der Waals surface area contributed by atoms with E-state index in [0.717, 1.165) is 34.9 Å². The Morgan fingerprint density at radius 2 is 2.10 bits per heavy atom. The van der Waals surface area contributed by atoms with E-state index in [0.29, 0.717) is 6.04 Å². The summed E-state index contributed by atoms with van der Waals surface area (Å²) in [6, 6.07) is 4.74. The first-order valence-corrected chi connectivity index (χ1v) is 8.31. The molecule has 2 aromatic rings. The van der Waals surface area contributed by atoms with Gasteiger partial charge in [-0.05, 0) is 38.8 Å². The Kier molecular flexibility index (Phi) is 4.86. The topological polar surface area (TPSA) is 42.2 Å². The molecule has 20 heavy (non-hydrogen) atoms. The van der Waals surface area contributed by atoms with Gasteiger partial charge in [0, 0.05) is 12.6 Å². The Morgan fingerprint density at radius 1 is 1.35 bits per heavy atom. The summed E-state index contributed by atoms with van der Waals surface area (Å²) in [5.41, 5.74) is 9.39. The molecule has 2 N–H and O–H groups in total. The average molecular weight is 291 g/mol. The van der Waals surface area contributed by atoms with E-state index in [9.17, 15) is 0 Å². The summed E-state index contributed by atoms with van der Waals surface area (Å²) in [5.74, 6) is 0. The summed E-state index contributed by atoms with van der Waals surface area (Å²) in [5, 5.41) is 1.10. The van der Waals surface area contributed by atoms with Crippen LogP contribution in [0.2, 0.25) is 0 Å². The van der Waals surface area contributed by atoms with Crippen LogP contribution in [0.15, 0.2) is 12.1 Å². The molecule has 0 spiro atoms. The van der Waals surface area contributed by atoms with Gasteiger partial charge in [-0.15, -0.1) is 11.3 Å². The normalized spacial score (nSPS) is 12.8. The molecule has 110 valence electrons. The third-order valence-electron chi connectivity index (χ3n) is 3.83. The second-order valence-corrected chi connectivity index (χ2v) is 6.65. The van der Waals surface area contributed by atoms with Gasteiger partial charge in [0.05, 0.1) is 26.6 Å². The van der Waals surface area contributed by atoms with Crippen molar-refractivity contribution in [1.82, 2.24) is 4.98 Å². The van der Waals surface area contributed by atoms with Gasteiger partial charge in [-0.3, -0.25) is 0 Å². The largest absolute Gasteiger partial charge is 0.397 e. The molecule has 1 aromatic carbocycles. The fraction of sp³-hybridized carbons (Fsp3) is 0.562. The zero-order valence-electron chi connectivity index (χ0n) is 12.9. The quantitative estimate of drug-likeness (QED) is 0.791. The number of nitrogens with two attached hydrogens (primary N) is 1. The van der Waals surface area contributed by atoms with Crippen LogP contribution in [0.5, 0.6) is 0 Å². The van der Waals surface area contributed by atoms with Crippen LogP contribution in [0.25, 0.3) is 10.2 Å². The molecule has 1 unspecified atom stereocenters. The number of aromatic nitrogens is 1. The summed E-state index contributed by atoms with van der Waals surface area (Å²) in [4.78, 5) is 7.04. The van der Waals surface area contributed by atoms with Crippen LogP contribution >= 0.6 is 11.3 Å². The number of benzene rings is 1. The molecule has 0 saturated carbocycles. The lowest BCUT2D eigenvalue weighted by atomic mass is 10.1. The first-order chi connectivity index (χ1) is 9.56. The van der Waals surface area contributed by atoms with Gasteiger partial charge in [0.25, 0.3) is 0 Å². The minimum atomic E-state index is 0.501. The molecule has 0 amide bonds. The fourth-order valence-corrected chi connectivity index (χ4v) is 3.33. The maximum Gasteiger partial charge on any atom is 0.0907 e. The molecule has 0 bridgehead atoms. The van der Waals surface area contributed by atoms with E-state index in [1.165, 1.54) is 17.5 Å². The summed E-state index contributed by atoms with van der Waals surface area (Å²) in [6.07, 6.45) is 3.51. The number of hydrogen-bond acceptors (Lipinski definition) is 4. The van der Waals surface area contributed by atoms with Crippen LogP contribution in [0.3, 0.4) is 0 Å². The zero-order valence-corrected chi connectivity index (χ0v) is 13.8. The number of nitrogen functional groups attached to an aromatic ring is 1. The Bertz CT molecular complexity index is 576. The molecule has 1 heterocycles. The molecule has 3 nitrogen and oxygen atoms in total. The van der Waals surface area contributed by atoms with Crippen molar-refractivity contribution in [2.24, 2.45) is 0 Å². The first-order valence-electron chi connectivity index (χ1n) is 7.50. The minimum absolute atomic E-state index is 0.501. The van der Waals surface area contributed by atoms with Gasteiger partial charge in [-0.1, -0.05) is 20.3 Å². The second-order valence-electron chi connectivity index (χ2n) is 5.42. The van der Waals surface area contributed by atoms with E-state index in [1.54, 1.807) is 11.3 Å². The lowest BCUT2D eigenvalue weighted by molar-refractivity contribution is 0.596. The Balaban J connectivity index is 2.42. The monoisotopic (exact) mass is 291 g/mol. The number of aryl methyl sites for hydroxylation is 1. The molecule has 1 atom stereocenters. The van der Waals surface area contributed by atoms with Crippen LogP contribution in [-0.2, 0) is 0 Å². The number of unbranched alkanes of at least 4 members (excludes halogenated alkanes) is 1. The maximum absolute atomic E-state index is 6.30. The number of nitrogens with zero attached hydrogens (tertiary/aromatic N) is 2. The number of rotatable bonds is 6. The van der Waals surface area contributed by atoms with Crippen molar-refractivity contribution in [3.05, 3.63) is 17.1 Å². The third kappa shape index (κ3) is 3.06. The van der Waals surface area contributed by atoms with Crippen molar-refractivity contribution in [3.8, 4) is 0 Å². The van der Waals surface area contributed by atoms with Crippen molar-refractivity contribution in [2.45, 2.75) is 53.0 Å². The highest BCUT2D eigenvalue weighted by Crippen LogP contribution is 2.33. The molecule has 2 rings (SSSR count). The first kappa shape index (κ1) is 15.1. The van der Waals surface area contributed by atoms with E-state index < -0.39 is 0 Å². The second kappa shape index (κ2) is 6.44. The van der Waals surface area contributed by atoms with E-state index in [1.807, 2.05) is 6.92 Å². The Morgan fingerprint density at radius 3 is 2.75 bits per heavy atom. The maximum atomic E-state index is 6.30. The fourth-order valence-electron chi connectivity index (χ4n) is 2.47. The van der Waals surface area contributed by atoms with Crippen molar-refractivity contribution >= 4 is 32.9 Å². The zero-order chi connectivity index (χ0) is 14.7. The molecule has 0 radical (unpaired) electrons. The van der Waals surface area contributed by atoms with Gasteiger partial charge in [-0.25, -0.2) is 4.98 Å². The standard InChI is InChI=1S/C16H25N3S/c1-5-7-8-19(11(3)6-2)15-10-14-16(9-13(15)17)20-12(4)18-14/h9-11H,5-8,17H2,1-4H3. The van der Waals surface area contributed by atoms with Crippen LogP contribution in [0.4, 0.5) is 11.4 Å². The van der Waals surface area contributed by atoms with E-state index in [-0.39, 0.29) is 0 Å². The van der Waals surface area contributed by atoms with Gasteiger partial charge in [0.15, 0.2) is 0 Å². The van der Waals surface area contributed by atoms with Gasteiger partial charge >= 0.3 is 0 Å². The van der Waals surface area contributed by atoms with E-state index >= 15 is 0 Å². The molecule has 0 aliphatic rings. The highest BCUT2D eigenvalue weighted by molar-refractivity contribution is 7.18. The van der Waals surface area contributed by atoms with Gasteiger partial charge in [0.1, 0.15) is 0 Å². The van der Waals surface area contributed by atoms with E-state index in [2.05, 4.69) is 42.8 Å². The summed E-state index contributed by atoms with van der Waals surface area (Å²) in [7, 11) is 0. The predicted molar refractivity (Wildman–Crippen MR) is 90.8 cm³/mol. The molecular weight excluding hydrogens is 266 g/mol. The third-order valence-corrected chi connectivity index (χ3v) is 4.76. The molecule has 0 saturated heterocycles. The molecule has 0 aliphatic carbocycles. The van der Waals surface area contributed by atoms with Crippen LogP contribution < -0.4 is 10.6 Å². The molecule has 0 aliphatic heterocycles. The lowest BCUT2D eigenvalue weighted by Crippen LogP contribution is -2.34. The Labute approximate surface area is 125 Å². The summed E-state index contributed by atoms with van der Waals surface area (Å²) < 4.78 is 1.18. The minimum Gasteiger partial charge on any atom is -0.397 e. The van der Waals surface area contributed by atoms with Gasteiger partial charge in [-0.2, -0.15) is 0 Å². The molecular formula is C16H25N3S. The predicted octanol–water partition coefficient (Wildman–Crippen LogP) is 4.59. The highest BCUT2D eigenvalue weighted by atomic mass is 32.1. The van der Waals surface area contributed by atoms with Crippen molar-refractivity contribution in [3.63, 3.8) is 0 Å². The lowest BCUT2D eigenvalue weighted by Gasteiger charge is -2.31. The van der Waals surface area contributed by atoms with Gasteiger partial charge in [0.2, 0.25) is 0 Å². The summed E-state index contributed by atoms with van der Waals surface area (Å²) in [6.45, 7) is 9.83. The smallest absolute Gasteiger partial charge is 0.0907 e. The van der Waals surface area contributed by atoms with E-state index in [4.69, 9.17) is 5.73 Å². The van der Waals surface area contributed by atoms with Crippen molar-refractivity contribution < 1.29 is 0 Å². The number of anilines is 2. The molecule has 1 aromatic heterocycles. The number of thiazole rings is 1. The van der Waals surface area contributed by atoms with Crippen LogP contribution in [0.1, 0.15) is 45.0 Å². The van der Waals surface area contributed by atoms with Crippen LogP contribution in [0, 0.1) is 6.92 Å². The molecule has 0 fully saturated rings.